The molecule has 7 nitrogen and oxygen atoms in total. The fraction of sp³-hybridized carbons (Fsp3) is 0.267. The first-order valence-corrected chi connectivity index (χ1v) is 6.92. The first kappa shape index (κ1) is 14.3. The molecule has 2 heterocycles. The van der Waals surface area contributed by atoms with Gasteiger partial charge >= 0.3 is 5.97 Å². The molecule has 0 radical (unpaired) electrons. The SMILES string of the molecule is CCOC(=O)C1=C2C(=O)N(c3ccc(C)cc3)C(=O)C2NN1. The average molecular weight is 301 g/mol. The summed E-state index contributed by atoms with van der Waals surface area (Å²) in [6.07, 6.45) is 0. The number of amides is 2. The molecule has 0 bridgehead atoms. The lowest BCUT2D eigenvalue weighted by Gasteiger charge is -2.16. The molecule has 0 saturated carbocycles. The van der Waals surface area contributed by atoms with Crippen LogP contribution in [0.1, 0.15) is 12.5 Å². The van der Waals surface area contributed by atoms with Gasteiger partial charge in [0.2, 0.25) is 0 Å². The summed E-state index contributed by atoms with van der Waals surface area (Å²) in [6, 6.07) is 6.16. The van der Waals surface area contributed by atoms with E-state index in [4.69, 9.17) is 4.74 Å². The zero-order valence-electron chi connectivity index (χ0n) is 12.2. The summed E-state index contributed by atoms with van der Waals surface area (Å²) in [4.78, 5) is 37.9. The van der Waals surface area contributed by atoms with Crippen LogP contribution in [0.4, 0.5) is 5.69 Å². The van der Waals surface area contributed by atoms with Crippen molar-refractivity contribution in [3.8, 4) is 0 Å². The van der Waals surface area contributed by atoms with Crippen LogP contribution in [-0.4, -0.2) is 30.4 Å². The second-order valence-electron chi connectivity index (χ2n) is 5.03. The minimum Gasteiger partial charge on any atom is -0.461 e. The Morgan fingerprint density at radius 3 is 2.59 bits per heavy atom. The van der Waals surface area contributed by atoms with E-state index in [2.05, 4.69) is 10.9 Å². The molecule has 0 aromatic heterocycles. The number of ether oxygens (including phenoxy) is 1. The highest BCUT2D eigenvalue weighted by atomic mass is 16.5. The lowest BCUT2D eigenvalue weighted by molar-refractivity contribution is -0.139. The van der Waals surface area contributed by atoms with Crippen LogP contribution in [0.15, 0.2) is 35.5 Å². The number of anilines is 1. The van der Waals surface area contributed by atoms with Crippen LogP contribution in [0.3, 0.4) is 0 Å². The Morgan fingerprint density at radius 2 is 1.95 bits per heavy atom. The van der Waals surface area contributed by atoms with Crippen molar-refractivity contribution in [2.75, 3.05) is 11.5 Å². The molecule has 1 saturated heterocycles. The smallest absolute Gasteiger partial charge is 0.356 e. The molecular weight excluding hydrogens is 286 g/mol. The monoisotopic (exact) mass is 301 g/mol. The number of nitrogens with zero attached hydrogens (tertiary/aromatic N) is 1. The normalized spacial score (nSPS) is 20.3. The molecule has 114 valence electrons. The van der Waals surface area contributed by atoms with Gasteiger partial charge in [0.15, 0.2) is 0 Å². The van der Waals surface area contributed by atoms with Crippen LogP contribution < -0.4 is 15.8 Å². The number of carbonyl (C=O) groups is 3. The molecule has 1 aromatic carbocycles. The average Bonchev–Trinajstić information content (AvgIpc) is 3.03. The van der Waals surface area contributed by atoms with E-state index in [-0.39, 0.29) is 17.9 Å². The summed E-state index contributed by atoms with van der Waals surface area (Å²) in [5, 5.41) is 0. The lowest BCUT2D eigenvalue weighted by Crippen LogP contribution is -2.42. The van der Waals surface area contributed by atoms with Gasteiger partial charge in [-0.2, -0.15) is 0 Å². The molecule has 2 aliphatic rings. The predicted molar refractivity (Wildman–Crippen MR) is 77.4 cm³/mol. The second-order valence-corrected chi connectivity index (χ2v) is 5.03. The maximum atomic E-state index is 12.6. The van der Waals surface area contributed by atoms with E-state index >= 15 is 0 Å². The Kier molecular flexibility index (Phi) is 3.42. The lowest BCUT2D eigenvalue weighted by atomic mass is 10.1. The van der Waals surface area contributed by atoms with Crippen LogP contribution in [0.25, 0.3) is 0 Å². The van der Waals surface area contributed by atoms with Gasteiger partial charge in [0.05, 0.1) is 17.9 Å². The number of carbonyl (C=O) groups excluding carboxylic acids is 3. The molecule has 3 rings (SSSR count). The number of imide groups is 1. The maximum absolute atomic E-state index is 12.6. The van der Waals surface area contributed by atoms with E-state index in [1.807, 2.05) is 19.1 Å². The highest BCUT2D eigenvalue weighted by Crippen LogP contribution is 2.30. The third-order valence-electron chi connectivity index (χ3n) is 3.57. The highest BCUT2D eigenvalue weighted by molar-refractivity contribution is 6.32. The van der Waals surface area contributed by atoms with Gasteiger partial charge in [0.25, 0.3) is 11.8 Å². The van der Waals surface area contributed by atoms with Crippen LogP contribution in [-0.2, 0) is 19.1 Å². The van der Waals surface area contributed by atoms with Crippen LogP contribution in [0, 0.1) is 6.92 Å². The summed E-state index contributed by atoms with van der Waals surface area (Å²) < 4.78 is 4.89. The molecule has 1 atom stereocenters. The van der Waals surface area contributed by atoms with Gasteiger partial charge in [-0.3, -0.25) is 9.59 Å². The molecule has 1 aromatic rings. The van der Waals surface area contributed by atoms with E-state index in [1.54, 1.807) is 19.1 Å². The van der Waals surface area contributed by atoms with Gasteiger partial charge in [-0.1, -0.05) is 17.7 Å². The van der Waals surface area contributed by atoms with E-state index in [9.17, 15) is 14.4 Å². The van der Waals surface area contributed by atoms with E-state index in [0.29, 0.717) is 5.69 Å². The zero-order chi connectivity index (χ0) is 15.9. The Labute approximate surface area is 126 Å². The number of hydrazine groups is 1. The standard InChI is InChI=1S/C15H15N3O4/c1-3-22-15(21)12-10-11(16-17-12)14(20)18(13(10)19)9-6-4-8(2)5-7-9/h4-7,11,16-17H,3H2,1-2H3. The van der Waals surface area contributed by atoms with Crippen molar-refractivity contribution in [2.24, 2.45) is 0 Å². The van der Waals surface area contributed by atoms with Crippen molar-refractivity contribution in [2.45, 2.75) is 19.9 Å². The summed E-state index contributed by atoms with van der Waals surface area (Å²) in [5.74, 6) is -1.59. The van der Waals surface area contributed by atoms with Gasteiger partial charge in [-0.15, -0.1) is 0 Å². The number of hydrogen-bond acceptors (Lipinski definition) is 6. The Balaban J connectivity index is 1.99. The number of nitrogens with one attached hydrogen (secondary N) is 2. The Bertz CT molecular complexity index is 693. The van der Waals surface area contributed by atoms with Gasteiger partial charge in [-0.05, 0) is 26.0 Å². The third-order valence-corrected chi connectivity index (χ3v) is 3.57. The van der Waals surface area contributed by atoms with Gasteiger partial charge in [0.1, 0.15) is 11.7 Å². The first-order chi connectivity index (χ1) is 10.5. The van der Waals surface area contributed by atoms with Gasteiger partial charge in [0, 0.05) is 0 Å². The molecule has 2 aliphatic heterocycles. The Hall–Kier alpha value is -2.67. The number of hydrogen-bond donors (Lipinski definition) is 2. The summed E-state index contributed by atoms with van der Waals surface area (Å²) >= 11 is 0. The fourth-order valence-corrected chi connectivity index (χ4v) is 2.50. The third kappa shape index (κ3) is 2.06. The van der Waals surface area contributed by atoms with Crippen molar-refractivity contribution in [3.63, 3.8) is 0 Å². The highest BCUT2D eigenvalue weighted by Gasteiger charge is 2.50. The number of aryl methyl sites for hydroxylation is 1. The summed E-state index contributed by atoms with van der Waals surface area (Å²) in [7, 11) is 0. The zero-order valence-corrected chi connectivity index (χ0v) is 12.2. The van der Waals surface area contributed by atoms with E-state index < -0.39 is 23.8 Å². The predicted octanol–water partition coefficient (Wildman–Crippen LogP) is 0.162. The quantitative estimate of drug-likeness (QED) is 0.611. The van der Waals surface area contributed by atoms with Crippen molar-refractivity contribution >= 4 is 23.5 Å². The van der Waals surface area contributed by atoms with Crippen LogP contribution in [0.2, 0.25) is 0 Å². The van der Waals surface area contributed by atoms with Crippen molar-refractivity contribution < 1.29 is 19.1 Å². The fourth-order valence-electron chi connectivity index (χ4n) is 2.50. The summed E-state index contributed by atoms with van der Waals surface area (Å²) in [6.45, 7) is 3.77. The minimum absolute atomic E-state index is 0.000174. The number of rotatable bonds is 3. The molecule has 0 spiro atoms. The van der Waals surface area contributed by atoms with E-state index in [0.717, 1.165) is 10.5 Å². The molecule has 2 N–H and O–H groups in total. The maximum Gasteiger partial charge on any atom is 0.356 e. The van der Waals surface area contributed by atoms with Crippen LogP contribution in [0.5, 0.6) is 0 Å². The summed E-state index contributed by atoms with van der Waals surface area (Å²) in [5.41, 5.74) is 6.84. The van der Waals surface area contributed by atoms with Gasteiger partial charge < -0.3 is 10.2 Å². The first-order valence-electron chi connectivity index (χ1n) is 6.92. The Morgan fingerprint density at radius 1 is 1.27 bits per heavy atom. The van der Waals surface area contributed by atoms with Crippen molar-refractivity contribution in [3.05, 3.63) is 41.1 Å². The van der Waals surface area contributed by atoms with Gasteiger partial charge in [-0.25, -0.2) is 15.1 Å². The number of benzene rings is 1. The molecule has 22 heavy (non-hydrogen) atoms. The minimum atomic E-state index is -0.867. The molecular formula is C15H15N3O4. The molecule has 2 amide bonds. The molecule has 0 aliphatic carbocycles. The van der Waals surface area contributed by atoms with E-state index in [1.165, 1.54) is 0 Å². The molecule has 7 heteroatoms. The number of fused-ring (bicyclic) bond motifs is 1. The van der Waals surface area contributed by atoms with Crippen molar-refractivity contribution in [1.82, 2.24) is 10.9 Å². The largest absolute Gasteiger partial charge is 0.461 e. The van der Waals surface area contributed by atoms with Crippen molar-refractivity contribution in [1.29, 1.82) is 0 Å². The van der Waals surface area contributed by atoms with Crippen LogP contribution >= 0.6 is 0 Å². The number of esters is 1. The topological polar surface area (TPSA) is 87.7 Å². The molecule has 1 unspecified atom stereocenters. The molecule has 1 fully saturated rings. The second kappa shape index (κ2) is 5.27.